The molecule has 0 radical (unpaired) electrons. The number of para-hydroxylation sites is 2. The van der Waals surface area contributed by atoms with Crippen LogP contribution in [0.2, 0.25) is 0 Å². The van der Waals surface area contributed by atoms with Gasteiger partial charge in [0, 0.05) is 65.5 Å². The first-order valence-electron chi connectivity index (χ1n) is 11.7. The van der Waals surface area contributed by atoms with E-state index >= 15 is 0 Å². The fourth-order valence-electron chi connectivity index (χ4n) is 4.87. The summed E-state index contributed by atoms with van der Waals surface area (Å²) in [5, 5.41) is 18.6. The molecule has 188 valence electrons. The summed E-state index contributed by atoms with van der Waals surface area (Å²) in [5.74, 6) is -0.813. The summed E-state index contributed by atoms with van der Waals surface area (Å²) in [6.07, 6.45) is 7.26. The standard InChI is InChI=1S/C27H25N5O4S/c1-30-14-19(17-8-3-5-10-21(17)30)24-25(27(34)29-26(24)33)20-15-31(22-11-6-4-9-18(20)22)13-7-12-28-23(37-2)16-32(35)36/h3-6,8-11,14-16,28H,7,12-13H2,1-2H3,(H,29,33,34)/b23-16-. The highest BCUT2D eigenvalue weighted by atomic mass is 32.2. The number of aromatic nitrogens is 2. The molecule has 0 saturated heterocycles. The van der Waals surface area contributed by atoms with E-state index in [2.05, 4.69) is 15.2 Å². The summed E-state index contributed by atoms with van der Waals surface area (Å²) in [5.41, 5.74) is 4.09. The Kier molecular flexibility index (Phi) is 6.58. The topological polar surface area (TPSA) is 111 Å². The van der Waals surface area contributed by atoms with Crippen LogP contribution in [-0.4, -0.2) is 38.7 Å². The Morgan fingerprint density at radius 3 is 2.24 bits per heavy atom. The number of nitrogens with one attached hydrogen (secondary N) is 2. The van der Waals surface area contributed by atoms with Crippen LogP contribution in [0.3, 0.4) is 0 Å². The molecule has 2 N–H and O–H groups in total. The van der Waals surface area contributed by atoms with Gasteiger partial charge in [-0.15, -0.1) is 11.8 Å². The number of nitrogens with zero attached hydrogens (tertiary/aromatic N) is 3. The Balaban J connectivity index is 1.54. The number of imide groups is 1. The van der Waals surface area contributed by atoms with Crippen LogP contribution in [0.5, 0.6) is 0 Å². The molecule has 37 heavy (non-hydrogen) atoms. The van der Waals surface area contributed by atoms with Crippen LogP contribution in [0, 0.1) is 10.1 Å². The third kappa shape index (κ3) is 4.51. The van der Waals surface area contributed by atoms with Gasteiger partial charge in [0.15, 0.2) is 0 Å². The van der Waals surface area contributed by atoms with Crippen LogP contribution in [0.4, 0.5) is 0 Å². The second kappa shape index (κ2) is 9.98. The summed E-state index contributed by atoms with van der Waals surface area (Å²) < 4.78 is 4.02. The normalized spacial score (nSPS) is 14.2. The number of carbonyl (C=O) groups is 2. The van der Waals surface area contributed by atoms with Gasteiger partial charge in [0.2, 0.25) is 0 Å². The van der Waals surface area contributed by atoms with Gasteiger partial charge in [-0.25, -0.2) is 0 Å². The molecule has 0 fully saturated rings. The minimum Gasteiger partial charge on any atom is -0.375 e. The number of amides is 2. The number of hydrogen-bond donors (Lipinski definition) is 2. The van der Waals surface area contributed by atoms with E-state index in [1.807, 2.05) is 72.5 Å². The molecule has 0 spiro atoms. The number of thioether (sulfide) groups is 1. The molecule has 2 aromatic heterocycles. The van der Waals surface area contributed by atoms with Gasteiger partial charge in [-0.2, -0.15) is 0 Å². The van der Waals surface area contributed by atoms with Gasteiger partial charge in [0.05, 0.1) is 16.1 Å². The third-order valence-electron chi connectivity index (χ3n) is 6.47. The molecule has 10 heteroatoms. The van der Waals surface area contributed by atoms with E-state index in [1.54, 1.807) is 6.26 Å². The zero-order chi connectivity index (χ0) is 26.1. The van der Waals surface area contributed by atoms with Gasteiger partial charge < -0.3 is 14.5 Å². The summed E-state index contributed by atoms with van der Waals surface area (Å²) in [4.78, 5) is 36.5. The molecule has 0 aliphatic carbocycles. The van der Waals surface area contributed by atoms with Crippen molar-refractivity contribution >= 4 is 56.5 Å². The fraction of sp³-hybridized carbons (Fsp3) is 0.185. The van der Waals surface area contributed by atoms with E-state index in [0.717, 1.165) is 33.6 Å². The highest BCUT2D eigenvalue weighted by molar-refractivity contribution is 8.02. The van der Waals surface area contributed by atoms with Gasteiger partial charge in [-0.05, 0) is 24.8 Å². The number of benzene rings is 2. The average Bonchev–Trinajstić information content (AvgIpc) is 3.51. The number of aryl methyl sites for hydroxylation is 2. The van der Waals surface area contributed by atoms with Crippen LogP contribution in [0.25, 0.3) is 33.0 Å². The predicted octanol–water partition coefficient (Wildman–Crippen LogP) is 4.12. The van der Waals surface area contributed by atoms with E-state index in [1.165, 1.54) is 11.8 Å². The number of nitro groups is 1. The smallest absolute Gasteiger partial charge is 0.263 e. The van der Waals surface area contributed by atoms with Crippen molar-refractivity contribution in [2.45, 2.75) is 13.0 Å². The molecule has 0 saturated carbocycles. The van der Waals surface area contributed by atoms with Crippen molar-refractivity contribution < 1.29 is 14.5 Å². The maximum atomic E-state index is 13.1. The first kappa shape index (κ1) is 24.4. The molecule has 2 aromatic carbocycles. The van der Waals surface area contributed by atoms with Gasteiger partial charge in [-0.1, -0.05) is 36.4 Å². The van der Waals surface area contributed by atoms with Crippen molar-refractivity contribution in [3.63, 3.8) is 0 Å². The number of fused-ring (bicyclic) bond motifs is 2. The van der Waals surface area contributed by atoms with Crippen molar-refractivity contribution in [1.29, 1.82) is 0 Å². The fourth-order valence-corrected chi connectivity index (χ4v) is 5.31. The Bertz CT molecular complexity index is 1630. The van der Waals surface area contributed by atoms with Crippen molar-refractivity contribution in [1.82, 2.24) is 19.8 Å². The molecule has 2 amide bonds. The van der Waals surface area contributed by atoms with E-state index in [0.29, 0.717) is 41.2 Å². The first-order chi connectivity index (χ1) is 17.9. The average molecular weight is 516 g/mol. The second-order valence-corrected chi connectivity index (χ2v) is 9.57. The van der Waals surface area contributed by atoms with Gasteiger partial charge in [0.1, 0.15) is 5.03 Å². The van der Waals surface area contributed by atoms with Gasteiger partial charge in [-0.3, -0.25) is 25.0 Å². The summed E-state index contributed by atoms with van der Waals surface area (Å²) in [6.45, 7) is 1.17. The maximum Gasteiger partial charge on any atom is 0.263 e. The first-order valence-corrected chi connectivity index (χ1v) is 13.0. The lowest BCUT2D eigenvalue weighted by Crippen LogP contribution is -2.22. The molecule has 1 aliphatic heterocycles. The summed E-state index contributed by atoms with van der Waals surface area (Å²) >= 11 is 1.29. The molecule has 0 bridgehead atoms. The zero-order valence-electron chi connectivity index (χ0n) is 20.4. The molecule has 4 aromatic rings. The molecule has 0 atom stereocenters. The number of hydrogen-bond acceptors (Lipinski definition) is 6. The predicted molar refractivity (Wildman–Crippen MR) is 146 cm³/mol. The lowest BCUT2D eigenvalue weighted by molar-refractivity contribution is -0.403. The minimum atomic E-state index is -0.472. The lowest BCUT2D eigenvalue weighted by Gasteiger charge is -2.08. The highest BCUT2D eigenvalue weighted by Gasteiger charge is 2.35. The van der Waals surface area contributed by atoms with Crippen LogP contribution < -0.4 is 10.6 Å². The zero-order valence-corrected chi connectivity index (χ0v) is 21.2. The maximum absolute atomic E-state index is 13.1. The largest absolute Gasteiger partial charge is 0.375 e. The third-order valence-corrected chi connectivity index (χ3v) is 7.16. The van der Waals surface area contributed by atoms with Gasteiger partial charge >= 0.3 is 0 Å². The highest BCUT2D eigenvalue weighted by Crippen LogP contribution is 2.38. The lowest BCUT2D eigenvalue weighted by atomic mass is 9.95. The van der Waals surface area contributed by atoms with E-state index in [9.17, 15) is 19.7 Å². The minimum absolute atomic E-state index is 0.369. The van der Waals surface area contributed by atoms with Crippen LogP contribution in [0.1, 0.15) is 17.5 Å². The monoisotopic (exact) mass is 515 g/mol. The molecule has 1 aliphatic rings. The van der Waals surface area contributed by atoms with Crippen molar-refractivity contribution in [2.24, 2.45) is 7.05 Å². The Morgan fingerprint density at radius 1 is 1.00 bits per heavy atom. The van der Waals surface area contributed by atoms with Crippen LogP contribution in [0.15, 0.2) is 72.2 Å². The molecule has 9 nitrogen and oxygen atoms in total. The summed E-state index contributed by atoms with van der Waals surface area (Å²) in [6, 6.07) is 15.6. The van der Waals surface area contributed by atoms with E-state index < -0.39 is 16.7 Å². The Hall–Kier alpha value is -4.31. The SMILES string of the molecule is CS/C(=C\[N+](=O)[O-])NCCCn1cc(C2=C(c3cn(C)c4ccccc34)C(=O)NC2=O)c2ccccc21. The molecular formula is C27H25N5O4S. The van der Waals surface area contributed by atoms with Crippen molar-refractivity contribution in [3.8, 4) is 0 Å². The van der Waals surface area contributed by atoms with Crippen molar-refractivity contribution in [3.05, 3.63) is 93.4 Å². The number of carbonyl (C=O) groups excluding carboxylic acids is 2. The molecule has 0 unspecified atom stereocenters. The molecular weight excluding hydrogens is 490 g/mol. The van der Waals surface area contributed by atoms with Crippen molar-refractivity contribution in [2.75, 3.05) is 12.8 Å². The van der Waals surface area contributed by atoms with E-state index in [4.69, 9.17) is 0 Å². The summed E-state index contributed by atoms with van der Waals surface area (Å²) in [7, 11) is 1.92. The quantitative estimate of drug-likeness (QED) is 0.150. The van der Waals surface area contributed by atoms with E-state index in [-0.39, 0.29) is 0 Å². The Morgan fingerprint density at radius 2 is 1.59 bits per heavy atom. The van der Waals surface area contributed by atoms with Crippen LogP contribution in [-0.2, 0) is 23.2 Å². The Labute approximate surface area is 217 Å². The van der Waals surface area contributed by atoms with Gasteiger partial charge in [0.25, 0.3) is 18.0 Å². The second-order valence-electron chi connectivity index (χ2n) is 8.72. The molecule has 3 heterocycles. The van der Waals surface area contributed by atoms with Crippen LogP contribution >= 0.6 is 11.8 Å². The number of rotatable bonds is 9. The molecule has 5 rings (SSSR count).